The second-order valence-corrected chi connectivity index (χ2v) is 7.90. The van der Waals surface area contributed by atoms with E-state index in [2.05, 4.69) is 39.7 Å². The Hall–Kier alpha value is -2.11. The van der Waals surface area contributed by atoms with Crippen LogP contribution in [0, 0.1) is 5.92 Å². The number of furan rings is 1. The minimum absolute atomic E-state index is 0. The highest BCUT2D eigenvalue weighted by molar-refractivity contribution is 14.0. The molecule has 1 amide bonds. The number of rotatable bonds is 8. The number of carbonyl (C=O) groups excluding carboxylic acids is 1. The van der Waals surface area contributed by atoms with Crippen molar-refractivity contribution in [1.82, 2.24) is 15.5 Å². The van der Waals surface area contributed by atoms with E-state index in [0.29, 0.717) is 18.5 Å². The van der Waals surface area contributed by atoms with Gasteiger partial charge in [-0.15, -0.1) is 24.0 Å². The molecule has 1 atom stereocenters. The van der Waals surface area contributed by atoms with E-state index in [4.69, 9.17) is 9.15 Å². The zero-order valence-corrected chi connectivity index (χ0v) is 21.3. The molecule has 1 aromatic heterocycles. The summed E-state index contributed by atoms with van der Waals surface area (Å²) in [5, 5.41) is 9.67. The third-order valence-electron chi connectivity index (χ3n) is 5.38. The van der Waals surface area contributed by atoms with E-state index in [1.165, 1.54) is 6.26 Å². The minimum atomic E-state index is -0.268. The summed E-state index contributed by atoms with van der Waals surface area (Å²) in [6.07, 6.45) is 1.48. The van der Waals surface area contributed by atoms with Gasteiger partial charge in [0.25, 0.3) is 5.91 Å². The lowest BCUT2D eigenvalue weighted by atomic mass is 10.0. The largest absolute Gasteiger partial charge is 0.459 e. The number of anilines is 1. The standard InChI is InChI=1S/C23H33N5O3.HI/c1-17(2)20(28-9-12-30-13-10-28)16-26-23(24-3)25-15-18-6-4-7-19(14-18)27-22(29)21-8-5-11-31-21;/h4-8,11,14,17,20H,9-10,12-13,15-16H2,1-3H3,(H,27,29)(H2,24,25,26);1H. The molecule has 0 spiro atoms. The van der Waals surface area contributed by atoms with Gasteiger partial charge in [-0.3, -0.25) is 14.7 Å². The summed E-state index contributed by atoms with van der Waals surface area (Å²) < 4.78 is 10.6. The topological polar surface area (TPSA) is 91.1 Å². The number of hydrogen-bond donors (Lipinski definition) is 3. The van der Waals surface area contributed by atoms with E-state index in [1.807, 2.05) is 24.3 Å². The maximum Gasteiger partial charge on any atom is 0.291 e. The van der Waals surface area contributed by atoms with Crippen LogP contribution in [0.4, 0.5) is 5.69 Å². The maximum absolute atomic E-state index is 12.2. The summed E-state index contributed by atoms with van der Waals surface area (Å²) in [6.45, 7) is 9.43. The van der Waals surface area contributed by atoms with E-state index in [0.717, 1.165) is 50.1 Å². The molecule has 0 radical (unpaired) electrons. The Labute approximate surface area is 207 Å². The predicted octanol–water partition coefficient (Wildman–Crippen LogP) is 3.17. The van der Waals surface area contributed by atoms with Crippen molar-refractivity contribution in [3.8, 4) is 0 Å². The van der Waals surface area contributed by atoms with Crippen LogP contribution in [0.25, 0.3) is 0 Å². The van der Waals surface area contributed by atoms with Crippen molar-refractivity contribution in [1.29, 1.82) is 0 Å². The lowest BCUT2D eigenvalue weighted by Crippen LogP contribution is -2.52. The van der Waals surface area contributed by atoms with Crippen LogP contribution in [0.2, 0.25) is 0 Å². The van der Waals surface area contributed by atoms with Gasteiger partial charge in [-0.2, -0.15) is 0 Å². The van der Waals surface area contributed by atoms with Crippen LogP contribution in [0.3, 0.4) is 0 Å². The highest BCUT2D eigenvalue weighted by Gasteiger charge is 2.23. The number of morpholine rings is 1. The van der Waals surface area contributed by atoms with E-state index < -0.39 is 0 Å². The molecule has 3 N–H and O–H groups in total. The highest BCUT2D eigenvalue weighted by Crippen LogP contribution is 2.14. The van der Waals surface area contributed by atoms with Crippen molar-refractivity contribution >= 4 is 41.5 Å². The van der Waals surface area contributed by atoms with Gasteiger partial charge in [0, 0.05) is 45.0 Å². The van der Waals surface area contributed by atoms with Crippen LogP contribution >= 0.6 is 24.0 Å². The first-order chi connectivity index (χ1) is 15.1. The third-order valence-corrected chi connectivity index (χ3v) is 5.38. The number of benzene rings is 1. The van der Waals surface area contributed by atoms with Gasteiger partial charge in [0.2, 0.25) is 0 Å². The molecule has 0 aliphatic carbocycles. The SMILES string of the molecule is CN=C(NCc1cccc(NC(=O)c2ccco2)c1)NCC(C(C)C)N1CCOCC1.I. The first-order valence-electron chi connectivity index (χ1n) is 10.8. The van der Waals surface area contributed by atoms with Gasteiger partial charge in [-0.1, -0.05) is 26.0 Å². The van der Waals surface area contributed by atoms with Gasteiger partial charge >= 0.3 is 0 Å². The number of amides is 1. The van der Waals surface area contributed by atoms with Crippen LogP contribution in [0.15, 0.2) is 52.1 Å². The Morgan fingerprint density at radius 3 is 2.59 bits per heavy atom. The Bertz CT molecular complexity index is 851. The highest BCUT2D eigenvalue weighted by atomic mass is 127. The summed E-state index contributed by atoms with van der Waals surface area (Å²) >= 11 is 0. The Morgan fingerprint density at radius 2 is 1.94 bits per heavy atom. The quantitative estimate of drug-likeness (QED) is 0.264. The molecule has 176 valence electrons. The average molecular weight is 555 g/mol. The molecule has 0 saturated carbocycles. The molecule has 0 bridgehead atoms. The molecule has 1 aromatic carbocycles. The van der Waals surface area contributed by atoms with E-state index >= 15 is 0 Å². The number of nitrogens with zero attached hydrogens (tertiary/aromatic N) is 2. The predicted molar refractivity (Wildman–Crippen MR) is 138 cm³/mol. The van der Waals surface area contributed by atoms with Crippen LogP contribution in [0.1, 0.15) is 30.0 Å². The van der Waals surface area contributed by atoms with Crippen molar-refractivity contribution in [3.05, 3.63) is 54.0 Å². The molecule has 1 aliphatic rings. The number of guanidine groups is 1. The number of carbonyl (C=O) groups is 1. The third kappa shape index (κ3) is 7.79. The Balaban J connectivity index is 0.00000363. The normalized spacial score (nSPS) is 15.7. The molecule has 2 heterocycles. The molecule has 1 saturated heterocycles. The van der Waals surface area contributed by atoms with Gasteiger partial charge in [0.05, 0.1) is 19.5 Å². The minimum Gasteiger partial charge on any atom is -0.459 e. The molecular formula is C23H34IN5O3. The number of ether oxygens (including phenoxy) is 1. The lowest BCUT2D eigenvalue weighted by Gasteiger charge is -2.37. The fourth-order valence-electron chi connectivity index (χ4n) is 3.66. The van der Waals surface area contributed by atoms with Crippen molar-refractivity contribution < 1.29 is 13.9 Å². The van der Waals surface area contributed by atoms with Gasteiger partial charge < -0.3 is 25.1 Å². The molecular weight excluding hydrogens is 521 g/mol. The fraction of sp³-hybridized carbons (Fsp3) is 0.478. The number of hydrogen-bond acceptors (Lipinski definition) is 5. The van der Waals surface area contributed by atoms with Gasteiger partial charge in [0.1, 0.15) is 0 Å². The van der Waals surface area contributed by atoms with Crippen molar-refractivity contribution in [3.63, 3.8) is 0 Å². The molecule has 8 nitrogen and oxygen atoms in total. The second kappa shape index (κ2) is 13.4. The van der Waals surface area contributed by atoms with Crippen molar-refractivity contribution in [2.45, 2.75) is 26.4 Å². The molecule has 9 heteroatoms. The molecule has 3 rings (SSSR count). The second-order valence-electron chi connectivity index (χ2n) is 7.90. The Morgan fingerprint density at radius 1 is 1.16 bits per heavy atom. The lowest BCUT2D eigenvalue weighted by molar-refractivity contribution is 0.00752. The van der Waals surface area contributed by atoms with E-state index in [-0.39, 0.29) is 35.6 Å². The summed E-state index contributed by atoms with van der Waals surface area (Å²) in [5.74, 6) is 1.30. The first kappa shape index (κ1) is 26.1. The summed E-state index contributed by atoms with van der Waals surface area (Å²) in [5.41, 5.74) is 1.75. The van der Waals surface area contributed by atoms with Crippen molar-refractivity contribution in [2.75, 3.05) is 45.2 Å². The van der Waals surface area contributed by atoms with E-state index in [1.54, 1.807) is 19.2 Å². The number of halogens is 1. The zero-order valence-electron chi connectivity index (χ0n) is 19.0. The number of aliphatic imine (C=N–C) groups is 1. The smallest absolute Gasteiger partial charge is 0.291 e. The molecule has 1 aliphatic heterocycles. The summed E-state index contributed by atoms with van der Waals surface area (Å²) in [4.78, 5) is 19.0. The zero-order chi connectivity index (χ0) is 22.1. The molecule has 1 unspecified atom stereocenters. The Kier molecular flexibility index (Phi) is 11.0. The monoisotopic (exact) mass is 555 g/mol. The van der Waals surface area contributed by atoms with Crippen LogP contribution in [-0.2, 0) is 11.3 Å². The van der Waals surface area contributed by atoms with Crippen LogP contribution in [0.5, 0.6) is 0 Å². The van der Waals surface area contributed by atoms with Crippen molar-refractivity contribution in [2.24, 2.45) is 10.9 Å². The van der Waals surface area contributed by atoms with Crippen LogP contribution < -0.4 is 16.0 Å². The first-order valence-corrected chi connectivity index (χ1v) is 10.8. The molecule has 2 aromatic rings. The molecule has 1 fully saturated rings. The fourth-order valence-corrected chi connectivity index (χ4v) is 3.66. The summed E-state index contributed by atoms with van der Waals surface area (Å²) in [7, 11) is 1.77. The maximum atomic E-state index is 12.2. The van der Waals surface area contributed by atoms with Gasteiger partial charge in [0.15, 0.2) is 11.7 Å². The molecule has 32 heavy (non-hydrogen) atoms. The van der Waals surface area contributed by atoms with Gasteiger partial charge in [-0.25, -0.2) is 0 Å². The van der Waals surface area contributed by atoms with E-state index in [9.17, 15) is 4.79 Å². The van der Waals surface area contributed by atoms with Gasteiger partial charge in [-0.05, 0) is 35.7 Å². The number of nitrogens with one attached hydrogen (secondary N) is 3. The summed E-state index contributed by atoms with van der Waals surface area (Å²) in [6, 6.07) is 11.5. The average Bonchev–Trinajstić information content (AvgIpc) is 3.32. The van der Waals surface area contributed by atoms with Crippen LogP contribution in [-0.4, -0.2) is 62.7 Å².